The zero-order valence-corrected chi connectivity index (χ0v) is 9.45. The van der Waals surface area contributed by atoms with Crippen LogP contribution in [-0.4, -0.2) is 9.38 Å². The summed E-state index contributed by atoms with van der Waals surface area (Å²) in [6, 6.07) is 1.48. The molecule has 0 amide bonds. The zero-order chi connectivity index (χ0) is 11.9. The molecule has 16 heavy (non-hydrogen) atoms. The van der Waals surface area contributed by atoms with Gasteiger partial charge in [-0.15, -0.1) is 0 Å². The van der Waals surface area contributed by atoms with Gasteiger partial charge < -0.3 is 4.85 Å². The van der Waals surface area contributed by atoms with E-state index in [4.69, 9.17) is 6.57 Å². The van der Waals surface area contributed by atoms with E-state index in [2.05, 4.69) is 9.83 Å². The van der Waals surface area contributed by atoms with Crippen LogP contribution in [0.4, 0.5) is 10.2 Å². The van der Waals surface area contributed by atoms with E-state index in [1.807, 2.05) is 20.8 Å². The molecule has 2 aromatic heterocycles. The van der Waals surface area contributed by atoms with Gasteiger partial charge in [0.2, 0.25) is 5.65 Å². The van der Waals surface area contributed by atoms with Crippen molar-refractivity contribution in [2.45, 2.75) is 26.2 Å². The Morgan fingerprint density at radius 3 is 2.69 bits per heavy atom. The van der Waals surface area contributed by atoms with Crippen molar-refractivity contribution < 1.29 is 4.39 Å². The molecule has 2 rings (SSSR count). The molecule has 2 aromatic rings. The SMILES string of the molecule is [C-]#[N+]c1cnc2c(C(C)(C)C)cc(F)cn12. The summed E-state index contributed by atoms with van der Waals surface area (Å²) < 4.78 is 15.0. The van der Waals surface area contributed by atoms with Crippen molar-refractivity contribution in [1.29, 1.82) is 0 Å². The molecular formula is C12H12FN3. The van der Waals surface area contributed by atoms with Gasteiger partial charge in [0.25, 0.3) is 5.82 Å². The highest BCUT2D eigenvalue weighted by molar-refractivity contribution is 5.58. The second kappa shape index (κ2) is 3.31. The number of aromatic nitrogens is 2. The topological polar surface area (TPSA) is 21.7 Å². The first kappa shape index (κ1) is 10.6. The number of hydrogen-bond acceptors (Lipinski definition) is 1. The van der Waals surface area contributed by atoms with Gasteiger partial charge in [-0.3, -0.25) is 0 Å². The molecule has 0 radical (unpaired) electrons. The molecule has 0 N–H and O–H groups in total. The van der Waals surface area contributed by atoms with E-state index in [9.17, 15) is 4.39 Å². The number of imidazole rings is 1. The van der Waals surface area contributed by atoms with Crippen molar-refractivity contribution in [3.63, 3.8) is 0 Å². The minimum absolute atomic E-state index is 0.200. The minimum atomic E-state index is -0.347. The van der Waals surface area contributed by atoms with E-state index in [1.165, 1.54) is 22.9 Å². The van der Waals surface area contributed by atoms with E-state index < -0.39 is 0 Å². The Labute approximate surface area is 93.4 Å². The predicted molar refractivity (Wildman–Crippen MR) is 60.1 cm³/mol. The molecule has 0 saturated carbocycles. The van der Waals surface area contributed by atoms with Crippen LogP contribution in [0, 0.1) is 12.4 Å². The van der Waals surface area contributed by atoms with Crippen molar-refractivity contribution in [2.24, 2.45) is 0 Å². The van der Waals surface area contributed by atoms with Gasteiger partial charge in [-0.1, -0.05) is 27.3 Å². The Morgan fingerprint density at radius 2 is 2.12 bits per heavy atom. The Morgan fingerprint density at radius 1 is 1.44 bits per heavy atom. The average molecular weight is 217 g/mol. The fourth-order valence-corrected chi connectivity index (χ4v) is 1.68. The van der Waals surface area contributed by atoms with Crippen LogP contribution in [0.2, 0.25) is 0 Å². The largest absolute Gasteiger partial charge is 0.362 e. The van der Waals surface area contributed by atoms with Crippen LogP contribution < -0.4 is 0 Å². The number of halogens is 1. The molecule has 0 atom stereocenters. The monoisotopic (exact) mass is 217 g/mol. The second-order valence-corrected chi connectivity index (χ2v) is 4.74. The van der Waals surface area contributed by atoms with Crippen molar-refractivity contribution in [1.82, 2.24) is 9.38 Å². The maximum absolute atomic E-state index is 13.5. The molecular weight excluding hydrogens is 205 g/mol. The lowest BCUT2D eigenvalue weighted by molar-refractivity contribution is 0.569. The van der Waals surface area contributed by atoms with Crippen LogP contribution in [0.25, 0.3) is 10.5 Å². The standard InChI is InChI=1S/C12H12FN3/c1-12(2,3)9-5-8(13)7-16-10(14-4)6-15-11(9)16/h5-7H,1-3H3. The lowest BCUT2D eigenvalue weighted by atomic mass is 9.88. The highest BCUT2D eigenvalue weighted by Gasteiger charge is 2.22. The fourth-order valence-electron chi connectivity index (χ4n) is 1.68. The molecule has 0 saturated heterocycles. The lowest BCUT2D eigenvalue weighted by Crippen LogP contribution is -2.13. The molecule has 4 heteroatoms. The number of fused-ring (bicyclic) bond motifs is 1. The van der Waals surface area contributed by atoms with Gasteiger partial charge in [0.15, 0.2) is 5.82 Å². The molecule has 82 valence electrons. The molecule has 0 spiro atoms. The summed E-state index contributed by atoms with van der Waals surface area (Å²) in [5.41, 5.74) is 1.26. The summed E-state index contributed by atoms with van der Waals surface area (Å²) in [6.07, 6.45) is 2.77. The van der Waals surface area contributed by atoms with E-state index in [-0.39, 0.29) is 11.2 Å². The third-order valence-corrected chi connectivity index (χ3v) is 2.48. The number of rotatable bonds is 0. The van der Waals surface area contributed by atoms with E-state index in [0.29, 0.717) is 11.5 Å². The second-order valence-electron chi connectivity index (χ2n) is 4.74. The van der Waals surface area contributed by atoms with Crippen molar-refractivity contribution >= 4 is 11.5 Å². The first-order chi connectivity index (χ1) is 7.43. The first-order valence-corrected chi connectivity index (χ1v) is 4.98. The number of nitrogens with zero attached hydrogens (tertiary/aromatic N) is 3. The highest BCUT2D eigenvalue weighted by Crippen LogP contribution is 2.29. The molecule has 2 heterocycles. The molecule has 0 aliphatic heterocycles. The minimum Gasteiger partial charge on any atom is -0.362 e. The van der Waals surface area contributed by atoms with Crippen molar-refractivity contribution in [3.05, 3.63) is 41.3 Å². The molecule has 0 unspecified atom stereocenters. The van der Waals surface area contributed by atoms with Crippen LogP contribution in [0.3, 0.4) is 0 Å². The van der Waals surface area contributed by atoms with E-state index >= 15 is 0 Å². The van der Waals surface area contributed by atoms with Gasteiger partial charge >= 0.3 is 0 Å². The third kappa shape index (κ3) is 1.54. The molecule has 0 aliphatic carbocycles. The summed E-state index contributed by atoms with van der Waals surface area (Å²) in [4.78, 5) is 7.49. The Balaban J connectivity index is 2.86. The quantitative estimate of drug-likeness (QED) is 0.620. The van der Waals surface area contributed by atoms with E-state index in [1.54, 1.807) is 0 Å². The fraction of sp³-hybridized carbons (Fsp3) is 0.333. The van der Waals surface area contributed by atoms with Crippen molar-refractivity contribution in [2.75, 3.05) is 0 Å². The smallest absolute Gasteiger partial charge is 0.254 e. The van der Waals surface area contributed by atoms with Gasteiger partial charge in [0, 0.05) is 5.56 Å². The third-order valence-electron chi connectivity index (χ3n) is 2.48. The van der Waals surface area contributed by atoms with Crippen LogP contribution >= 0.6 is 0 Å². The first-order valence-electron chi connectivity index (χ1n) is 4.98. The normalized spacial score (nSPS) is 11.7. The van der Waals surface area contributed by atoms with Crippen LogP contribution in [0.5, 0.6) is 0 Å². The van der Waals surface area contributed by atoms with Gasteiger partial charge in [0.1, 0.15) is 6.20 Å². The molecule has 3 nitrogen and oxygen atoms in total. The van der Waals surface area contributed by atoms with E-state index in [0.717, 1.165) is 5.56 Å². The van der Waals surface area contributed by atoms with Gasteiger partial charge in [-0.2, -0.15) is 0 Å². The Kier molecular flexibility index (Phi) is 2.20. The maximum Gasteiger partial charge on any atom is 0.254 e. The van der Waals surface area contributed by atoms with Gasteiger partial charge in [-0.05, 0) is 11.5 Å². The predicted octanol–water partition coefficient (Wildman–Crippen LogP) is 3.32. The average Bonchev–Trinajstić information content (AvgIpc) is 2.57. The maximum atomic E-state index is 13.5. The highest BCUT2D eigenvalue weighted by atomic mass is 19.1. The summed E-state index contributed by atoms with van der Waals surface area (Å²) in [5.74, 6) is -0.0136. The Hall–Kier alpha value is -1.89. The summed E-state index contributed by atoms with van der Waals surface area (Å²) in [5, 5.41) is 0. The van der Waals surface area contributed by atoms with Crippen LogP contribution in [-0.2, 0) is 5.41 Å². The van der Waals surface area contributed by atoms with Gasteiger partial charge in [0.05, 0.1) is 6.20 Å². The molecule has 0 aliphatic rings. The van der Waals surface area contributed by atoms with Crippen LogP contribution in [0.15, 0.2) is 18.5 Å². The van der Waals surface area contributed by atoms with Gasteiger partial charge in [-0.25, -0.2) is 13.8 Å². The summed E-state index contributed by atoms with van der Waals surface area (Å²) >= 11 is 0. The van der Waals surface area contributed by atoms with Crippen molar-refractivity contribution in [3.8, 4) is 0 Å². The molecule has 0 bridgehead atoms. The molecule has 0 aromatic carbocycles. The summed E-state index contributed by atoms with van der Waals surface area (Å²) in [7, 11) is 0. The Bertz CT molecular complexity index is 585. The number of pyridine rings is 1. The number of hydrogen-bond donors (Lipinski definition) is 0. The lowest BCUT2D eigenvalue weighted by Gasteiger charge is -2.18. The van der Waals surface area contributed by atoms with Crippen LogP contribution in [0.1, 0.15) is 26.3 Å². The zero-order valence-electron chi connectivity index (χ0n) is 9.45. The molecule has 0 fully saturated rings. The summed E-state index contributed by atoms with van der Waals surface area (Å²) in [6.45, 7) is 13.0.